The molecular formula is C12H17FN2O. The maximum absolute atomic E-state index is 12.9. The van der Waals surface area contributed by atoms with Crippen molar-refractivity contribution in [2.75, 3.05) is 5.32 Å². The molecule has 1 aromatic rings. The smallest absolute Gasteiger partial charge is 0.242 e. The van der Waals surface area contributed by atoms with Gasteiger partial charge < -0.3 is 10.6 Å². The zero-order valence-electron chi connectivity index (χ0n) is 9.75. The first-order chi connectivity index (χ1) is 7.49. The Morgan fingerprint density at radius 1 is 1.31 bits per heavy atom. The lowest BCUT2D eigenvalue weighted by molar-refractivity contribution is -0.122. The first-order valence-electron chi connectivity index (χ1n) is 5.31. The molecule has 0 aliphatic rings. The monoisotopic (exact) mass is 224 g/mol. The zero-order valence-corrected chi connectivity index (χ0v) is 9.75. The van der Waals surface area contributed by atoms with E-state index in [1.54, 1.807) is 19.1 Å². The Hall–Kier alpha value is -1.58. The number of anilines is 1. The molecule has 0 saturated carbocycles. The van der Waals surface area contributed by atoms with E-state index in [0.717, 1.165) is 0 Å². The number of halogens is 1. The van der Waals surface area contributed by atoms with Crippen molar-refractivity contribution < 1.29 is 9.18 Å². The van der Waals surface area contributed by atoms with Gasteiger partial charge >= 0.3 is 0 Å². The average Bonchev–Trinajstić information content (AvgIpc) is 2.16. The number of carbonyl (C=O) groups excluding carboxylic acids is 1. The minimum atomic E-state index is -0.385. The van der Waals surface area contributed by atoms with Crippen LogP contribution in [-0.2, 0) is 4.79 Å². The highest BCUT2D eigenvalue weighted by Gasteiger charge is 2.13. The van der Waals surface area contributed by atoms with Crippen LogP contribution in [0.2, 0.25) is 0 Å². The lowest BCUT2D eigenvalue weighted by atomic mass is 10.2. The summed E-state index contributed by atoms with van der Waals surface area (Å²) in [5.74, 6) is -0.416. The summed E-state index contributed by atoms with van der Waals surface area (Å²) >= 11 is 0. The van der Waals surface area contributed by atoms with Gasteiger partial charge in [-0.15, -0.1) is 0 Å². The standard InChI is InChI=1S/C12H17FN2O/c1-8(2)14-12(16)9(3)15-11-6-4-5-10(13)7-11/h4-9,15H,1-3H3,(H,14,16). The molecule has 1 amide bonds. The Kier molecular flexibility index (Phi) is 4.28. The Bertz CT molecular complexity index is 366. The Morgan fingerprint density at radius 2 is 2.00 bits per heavy atom. The summed E-state index contributed by atoms with van der Waals surface area (Å²) in [6, 6.07) is 5.77. The van der Waals surface area contributed by atoms with Gasteiger partial charge in [0.25, 0.3) is 0 Å². The minimum Gasteiger partial charge on any atom is -0.374 e. The van der Waals surface area contributed by atoms with Crippen LogP contribution in [0, 0.1) is 5.82 Å². The molecule has 0 bridgehead atoms. The third-order valence-electron chi connectivity index (χ3n) is 2.03. The molecule has 0 aliphatic carbocycles. The molecule has 0 radical (unpaired) electrons. The summed E-state index contributed by atoms with van der Waals surface area (Å²) in [4.78, 5) is 11.6. The quantitative estimate of drug-likeness (QED) is 0.822. The summed E-state index contributed by atoms with van der Waals surface area (Å²) in [6.45, 7) is 5.53. The van der Waals surface area contributed by atoms with Crippen molar-refractivity contribution in [3.05, 3.63) is 30.1 Å². The van der Waals surface area contributed by atoms with E-state index in [9.17, 15) is 9.18 Å². The van der Waals surface area contributed by atoms with Crippen LogP contribution in [0.25, 0.3) is 0 Å². The SMILES string of the molecule is CC(C)NC(=O)C(C)Nc1cccc(F)c1. The molecule has 3 nitrogen and oxygen atoms in total. The van der Waals surface area contributed by atoms with Gasteiger partial charge in [-0.25, -0.2) is 4.39 Å². The van der Waals surface area contributed by atoms with Crippen molar-refractivity contribution >= 4 is 11.6 Å². The number of nitrogens with one attached hydrogen (secondary N) is 2. The second kappa shape index (κ2) is 5.49. The van der Waals surface area contributed by atoms with Gasteiger partial charge in [0, 0.05) is 11.7 Å². The molecule has 4 heteroatoms. The number of amides is 1. The molecule has 0 fully saturated rings. The van der Waals surface area contributed by atoms with Crippen LogP contribution >= 0.6 is 0 Å². The molecule has 1 unspecified atom stereocenters. The molecule has 1 atom stereocenters. The van der Waals surface area contributed by atoms with Crippen molar-refractivity contribution in [3.63, 3.8) is 0 Å². The highest BCUT2D eigenvalue weighted by atomic mass is 19.1. The highest BCUT2D eigenvalue weighted by Crippen LogP contribution is 2.10. The predicted molar refractivity (Wildman–Crippen MR) is 62.8 cm³/mol. The fraction of sp³-hybridized carbons (Fsp3) is 0.417. The van der Waals surface area contributed by atoms with Gasteiger partial charge in [0.2, 0.25) is 5.91 Å². The number of rotatable bonds is 4. The van der Waals surface area contributed by atoms with E-state index in [1.165, 1.54) is 12.1 Å². The van der Waals surface area contributed by atoms with Crippen molar-refractivity contribution in [2.24, 2.45) is 0 Å². The third kappa shape index (κ3) is 3.88. The maximum Gasteiger partial charge on any atom is 0.242 e. The molecule has 0 spiro atoms. The number of carbonyl (C=O) groups is 1. The van der Waals surface area contributed by atoms with E-state index >= 15 is 0 Å². The first-order valence-corrected chi connectivity index (χ1v) is 5.31. The molecule has 1 aromatic carbocycles. The van der Waals surface area contributed by atoms with Gasteiger partial charge in [-0.05, 0) is 39.0 Å². The molecule has 0 heterocycles. The Balaban J connectivity index is 2.57. The largest absolute Gasteiger partial charge is 0.374 e. The number of benzene rings is 1. The second-order valence-corrected chi connectivity index (χ2v) is 4.04. The fourth-order valence-electron chi connectivity index (χ4n) is 1.30. The third-order valence-corrected chi connectivity index (χ3v) is 2.03. The van der Waals surface area contributed by atoms with Crippen LogP contribution < -0.4 is 10.6 Å². The van der Waals surface area contributed by atoms with E-state index < -0.39 is 0 Å². The summed E-state index contributed by atoms with van der Waals surface area (Å²) in [5.41, 5.74) is 0.603. The van der Waals surface area contributed by atoms with E-state index in [2.05, 4.69) is 10.6 Å². The van der Waals surface area contributed by atoms with Crippen LogP contribution in [0.15, 0.2) is 24.3 Å². The van der Waals surface area contributed by atoms with Crippen molar-refractivity contribution in [2.45, 2.75) is 32.9 Å². The topological polar surface area (TPSA) is 41.1 Å². The summed E-state index contributed by atoms with van der Waals surface area (Å²) < 4.78 is 12.9. The summed E-state index contributed by atoms with van der Waals surface area (Å²) in [7, 11) is 0. The number of hydrogen-bond acceptors (Lipinski definition) is 2. The number of hydrogen-bond donors (Lipinski definition) is 2. The molecule has 0 saturated heterocycles. The van der Waals surface area contributed by atoms with Crippen molar-refractivity contribution in [1.29, 1.82) is 0 Å². The molecule has 1 rings (SSSR count). The first kappa shape index (κ1) is 12.5. The zero-order chi connectivity index (χ0) is 12.1. The van der Waals surface area contributed by atoms with Crippen LogP contribution in [0.3, 0.4) is 0 Å². The Morgan fingerprint density at radius 3 is 2.56 bits per heavy atom. The van der Waals surface area contributed by atoms with Gasteiger partial charge in [0.1, 0.15) is 11.9 Å². The molecule has 0 aliphatic heterocycles. The molecule has 0 aromatic heterocycles. The summed E-state index contributed by atoms with van der Waals surface area (Å²) in [5, 5.41) is 5.72. The lowest BCUT2D eigenvalue weighted by Gasteiger charge is -2.16. The van der Waals surface area contributed by atoms with Crippen LogP contribution in [0.1, 0.15) is 20.8 Å². The minimum absolute atomic E-state index is 0.0979. The van der Waals surface area contributed by atoms with E-state index in [1.807, 2.05) is 13.8 Å². The van der Waals surface area contributed by atoms with Crippen molar-refractivity contribution in [1.82, 2.24) is 5.32 Å². The highest BCUT2D eigenvalue weighted by molar-refractivity contribution is 5.84. The fourth-order valence-corrected chi connectivity index (χ4v) is 1.30. The van der Waals surface area contributed by atoms with Gasteiger partial charge in [-0.1, -0.05) is 6.07 Å². The average molecular weight is 224 g/mol. The summed E-state index contributed by atoms with van der Waals surface area (Å²) in [6.07, 6.45) is 0. The van der Waals surface area contributed by atoms with Crippen LogP contribution in [-0.4, -0.2) is 18.0 Å². The van der Waals surface area contributed by atoms with Crippen molar-refractivity contribution in [3.8, 4) is 0 Å². The van der Waals surface area contributed by atoms with Gasteiger partial charge in [-0.3, -0.25) is 4.79 Å². The van der Waals surface area contributed by atoms with Gasteiger partial charge in [-0.2, -0.15) is 0 Å². The molecule has 2 N–H and O–H groups in total. The lowest BCUT2D eigenvalue weighted by Crippen LogP contribution is -2.40. The van der Waals surface area contributed by atoms with Gasteiger partial charge in [0.05, 0.1) is 0 Å². The van der Waals surface area contributed by atoms with E-state index in [-0.39, 0.29) is 23.8 Å². The molecule has 16 heavy (non-hydrogen) atoms. The molecular weight excluding hydrogens is 207 g/mol. The Labute approximate surface area is 95.0 Å². The van der Waals surface area contributed by atoms with Crippen LogP contribution in [0.4, 0.5) is 10.1 Å². The maximum atomic E-state index is 12.9. The van der Waals surface area contributed by atoms with Gasteiger partial charge in [0.15, 0.2) is 0 Å². The van der Waals surface area contributed by atoms with E-state index in [4.69, 9.17) is 0 Å². The van der Waals surface area contributed by atoms with Crippen LogP contribution in [0.5, 0.6) is 0 Å². The normalized spacial score (nSPS) is 12.3. The second-order valence-electron chi connectivity index (χ2n) is 4.04. The van der Waals surface area contributed by atoms with E-state index in [0.29, 0.717) is 5.69 Å². The predicted octanol–water partition coefficient (Wildman–Crippen LogP) is 2.15. The molecule has 88 valence electrons.